The molecule has 1 aromatic carbocycles. The molecule has 0 aliphatic rings. The van der Waals surface area contributed by atoms with Crippen LogP contribution in [0.4, 0.5) is 0 Å². The fourth-order valence-corrected chi connectivity index (χ4v) is 1.55. The minimum Gasteiger partial charge on any atom is -0.493 e. The van der Waals surface area contributed by atoms with Gasteiger partial charge in [0.1, 0.15) is 5.75 Å². The highest BCUT2D eigenvalue weighted by Gasteiger charge is 2.08. The lowest BCUT2D eigenvalue weighted by Crippen LogP contribution is -2.06. The maximum absolute atomic E-state index is 9.18. The van der Waals surface area contributed by atoms with Crippen LogP contribution in [0.1, 0.15) is 38.8 Å². The molecular weight excluding hydrogens is 212 g/mol. The molecule has 0 aliphatic heterocycles. The first-order valence-corrected chi connectivity index (χ1v) is 6.27. The summed E-state index contributed by atoms with van der Waals surface area (Å²) < 4.78 is 5.75. The Bertz CT molecular complexity index is 345. The third kappa shape index (κ3) is 4.39. The summed E-state index contributed by atoms with van der Waals surface area (Å²) in [5.41, 5.74) is 2.32. The molecule has 1 N–H and O–H groups in total. The van der Waals surface area contributed by atoms with Gasteiger partial charge in [0.15, 0.2) is 0 Å². The van der Waals surface area contributed by atoms with Gasteiger partial charge in [-0.05, 0) is 35.6 Å². The fraction of sp³-hybridized carbons (Fsp3) is 0.533. The molecule has 0 aliphatic carbocycles. The summed E-state index contributed by atoms with van der Waals surface area (Å²) in [6.45, 7) is 9.16. The SMILES string of the molecule is CCc1cc(OCC(C)C)cc([C](C)CO)c1. The smallest absolute Gasteiger partial charge is 0.119 e. The van der Waals surface area contributed by atoms with E-state index in [4.69, 9.17) is 4.74 Å². The largest absolute Gasteiger partial charge is 0.493 e. The van der Waals surface area contributed by atoms with Crippen molar-refractivity contribution in [3.63, 3.8) is 0 Å². The average molecular weight is 235 g/mol. The van der Waals surface area contributed by atoms with Gasteiger partial charge in [0, 0.05) is 5.92 Å². The molecule has 0 heterocycles. The summed E-state index contributed by atoms with van der Waals surface area (Å²) in [6, 6.07) is 6.21. The molecule has 2 nitrogen and oxygen atoms in total. The van der Waals surface area contributed by atoms with Gasteiger partial charge in [-0.3, -0.25) is 0 Å². The lowest BCUT2D eigenvalue weighted by molar-refractivity contribution is 0.270. The summed E-state index contributed by atoms with van der Waals surface area (Å²) in [5, 5.41) is 9.18. The summed E-state index contributed by atoms with van der Waals surface area (Å²) in [5.74, 6) is 2.40. The first-order valence-electron chi connectivity index (χ1n) is 6.27. The highest BCUT2D eigenvalue weighted by molar-refractivity contribution is 5.41. The Hall–Kier alpha value is -1.02. The zero-order chi connectivity index (χ0) is 12.8. The van der Waals surface area contributed by atoms with Gasteiger partial charge in [-0.25, -0.2) is 0 Å². The van der Waals surface area contributed by atoms with Gasteiger partial charge < -0.3 is 9.84 Å². The van der Waals surface area contributed by atoms with Crippen LogP contribution in [0.2, 0.25) is 0 Å². The molecule has 0 saturated carbocycles. The molecule has 1 rings (SSSR count). The molecule has 17 heavy (non-hydrogen) atoms. The van der Waals surface area contributed by atoms with E-state index in [1.165, 1.54) is 5.56 Å². The Morgan fingerprint density at radius 1 is 1.29 bits per heavy atom. The van der Waals surface area contributed by atoms with Gasteiger partial charge in [0.2, 0.25) is 0 Å². The second kappa shape index (κ2) is 6.65. The molecule has 0 spiro atoms. The fourth-order valence-electron chi connectivity index (χ4n) is 1.55. The first kappa shape index (κ1) is 14.0. The molecule has 95 valence electrons. The van der Waals surface area contributed by atoms with Crippen LogP contribution in [0.5, 0.6) is 5.75 Å². The van der Waals surface area contributed by atoms with Crippen molar-refractivity contribution in [1.82, 2.24) is 0 Å². The highest BCUT2D eigenvalue weighted by atomic mass is 16.5. The minimum absolute atomic E-state index is 0.0940. The molecule has 0 bridgehead atoms. The van der Waals surface area contributed by atoms with Crippen molar-refractivity contribution >= 4 is 0 Å². The van der Waals surface area contributed by atoms with Crippen molar-refractivity contribution in [3.8, 4) is 5.75 Å². The monoisotopic (exact) mass is 235 g/mol. The van der Waals surface area contributed by atoms with E-state index in [-0.39, 0.29) is 6.61 Å². The molecular formula is C15H23O2. The number of ether oxygens (including phenoxy) is 1. The summed E-state index contributed by atoms with van der Waals surface area (Å²) in [6.07, 6.45) is 0.977. The molecule has 1 radical (unpaired) electrons. The quantitative estimate of drug-likeness (QED) is 0.820. The van der Waals surface area contributed by atoms with Crippen LogP contribution in [0.3, 0.4) is 0 Å². The van der Waals surface area contributed by atoms with E-state index in [1.54, 1.807) is 0 Å². The van der Waals surface area contributed by atoms with Crippen LogP contribution in [-0.4, -0.2) is 18.3 Å². The predicted molar refractivity (Wildman–Crippen MR) is 71.3 cm³/mol. The van der Waals surface area contributed by atoms with Crippen LogP contribution in [0.15, 0.2) is 18.2 Å². The second-order valence-electron chi connectivity index (χ2n) is 4.86. The van der Waals surface area contributed by atoms with Crippen LogP contribution < -0.4 is 4.74 Å². The third-order valence-electron chi connectivity index (χ3n) is 2.69. The summed E-state index contributed by atoms with van der Waals surface area (Å²) in [4.78, 5) is 0. The van der Waals surface area contributed by atoms with Crippen LogP contribution in [0, 0.1) is 11.8 Å². The third-order valence-corrected chi connectivity index (χ3v) is 2.69. The van der Waals surface area contributed by atoms with Gasteiger partial charge in [-0.1, -0.05) is 33.8 Å². The Morgan fingerprint density at radius 3 is 2.53 bits per heavy atom. The highest BCUT2D eigenvalue weighted by Crippen LogP contribution is 2.23. The van der Waals surface area contributed by atoms with Crippen molar-refractivity contribution in [2.45, 2.75) is 34.1 Å². The Balaban J connectivity index is 2.88. The van der Waals surface area contributed by atoms with Gasteiger partial charge in [-0.2, -0.15) is 0 Å². The van der Waals surface area contributed by atoms with E-state index in [1.807, 2.05) is 13.0 Å². The van der Waals surface area contributed by atoms with E-state index in [0.717, 1.165) is 30.3 Å². The molecule has 0 fully saturated rings. The van der Waals surface area contributed by atoms with Crippen molar-refractivity contribution in [2.75, 3.05) is 13.2 Å². The zero-order valence-corrected chi connectivity index (χ0v) is 11.3. The lowest BCUT2D eigenvalue weighted by Gasteiger charge is -2.14. The van der Waals surface area contributed by atoms with Crippen LogP contribution in [-0.2, 0) is 6.42 Å². The van der Waals surface area contributed by atoms with Crippen molar-refractivity contribution in [3.05, 3.63) is 35.2 Å². The molecule has 0 saturated heterocycles. The Kier molecular flexibility index (Phi) is 5.49. The van der Waals surface area contributed by atoms with E-state index < -0.39 is 0 Å². The summed E-state index contributed by atoms with van der Waals surface area (Å²) in [7, 11) is 0. The lowest BCUT2D eigenvalue weighted by atomic mass is 9.98. The first-order chi connectivity index (χ1) is 8.06. The zero-order valence-electron chi connectivity index (χ0n) is 11.3. The van der Waals surface area contributed by atoms with Gasteiger partial charge >= 0.3 is 0 Å². The number of aryl methyl sites for hydroxylation is 1. The van der Waals surface area contributed by atoms with Gasteiger partial charge in [-0.15, -0.1) is 0 Å². The van der Waals surface area contributed by atoms with E-state index in [2.05, 4.69) is 32.9 Å². The number of benzene rings is 1. The molecule has 0 atom stereocenters. The predicted octanol–water partition coefficient (Wildman–Crippen LogP) is 3.22. The molecule has 2 heteroatoms. The van der Waals surface area contributed by atoms with E-state index in [9.17, 15) is 5.11 Å². The maximum atomic E-state index is 9.18. The standard InChI is InChI=1S/C15H23O2/c1-5-13-6-14(12(4)9-16)8-15(7-13)17-10-11(2)3/h6-8,11,16H,5,9-10H2,1-4H3. The number of hydrogen-bond donors (Lipinski definition) is 1. The number of rotatable bonds is 6. The minimum atomic E-state index is 0.0940. The topological polar surface area (TPSA) is 29.5 Å². The van der Waals surface area contributed by atoms with Crippen molar-refractivity contribution in [2.24, 2.45) is 5.92 Å². The molecule has 0 aromatic heterocycles. The van der Waals surface area contributed by atoms with E-state index >= 15 is 0 Å². The van der Waals surface area contributed by atoms with Crippen LogP contribution in [0.25, 0.3) is 0 Å². The number of aliphatic hydroxyl groups is 1. The Morgan fingerprint density at radius 2 is 2.00 bits per heavy atom. The van der Waals surface area contributed by atoms with E-state index in [0.29, 0.717) is 5.92 Å². The second-order valence-corrected chi connectivity index (χ2v) is 4.86. The number of aliphatic hydroxyl groups excluding tert-OH is 1. The van der Waals surface area contributed by atoms with Crippen molar-refractivity contribution < 1.29 is 9.84 Å². The normalized spacial score (nSPS) is 11.2. The van der Waals surface area contributed by atoms with Crippen LogP contribution >= 0.6 is 0 Å². The van der Waals surface area contributed by atoms with Gasteiger partial charge in [0.25, 0.3) is 0 Å². The van der Waals surface area contributed by atoms with Crippen molar-refractivity contribution in [1.29, 1.82) is 0 Å². The molecule has 0 unspecified atom stereocenters. The van der Waals surface area contributed by atoms with Gasteiger partial charge in [0.05, 0.1) is 13.2 Å². The maximum Gasteiger partial charge on any atom is 0.119 e. The molecule has 0 amide bonds. The summed E-state index contributed by atoms with van der Waals surface area (Å²) >= 11 is 0. The Labute approximate surface area is 105 Å². The molecule has 1 aromatic rings. The number of hydrogen-bond acceptors (Lipinski definition) is 2. The average Bonchev–Trinajstić information content (AvgIpc) is 2.34.